The molecule has 1 spiro atoms. The van der Waals surface area contributed by atoms with E-state index in [-0.39, 0.29) is 25.5 Å². The minimum absolute atomic E-state index is 0.147. The molecule has 2 aliphatic heterocycles. The topological polar surface area (TPSA) is 100 Å². The van der Waals surface area contributed by atoms with E-state index in [1.165, 1.54) is 22.4 Å². The van der Waals surface area contributed by atoms with E-state index >= 15 is 0 Å². The van der Waals surface area contributed by atoms with E-state index in [1.54, 1.807) is 31.2 Å². The maximum absolute atomic E-state index is 12.5. The minimum atomic E-state index is -0.941. The van der Waals surface area contributed by atoms with Crippen LogP contribution in [-0.2, 0) is 9.53 Å². The normalized spacial score (nSPS) is 22.0. The molecule has 1 aromatic rings. The highest BCUT2D eigenvalue weighted by atomic mass is 32.1. The molecule has 0 radical (unpaired) electrons. The molecule has 2 amide bonds. The van der Waals surface area contributed by atoms with Gasteiger partial charge in [-0.2, -0.15) is 0 Å². The fourth-order valence-electron chi connectivity index (χ4n) is 3.43. The zero-order valence-electron chi connectivity index (χ0n) is 14.4. The first-order chi connectivity index (χ1) is 11.6. The standard InChI is InChI=1S/C16H21N3O5S/c1-15(2,3)24-14(23)19-7-16(8-19)6-18(5-10(16)13(21)22)12(20)11-4-17-9-25-11/h4,9-10H,5-8H2,1-3H3,(H,21,22)/t10-/m0/s1. The Bertz CT molecular complexity index is 691. The summed E-state index contributed by atoms with van der Waals surface area (Å²) in [5.41, 5.74) is 0.361. The van der Waals surface area contributed by atoms with E-state index in [9.17, 15) is 19.5 Å². The lowest BCUT2D eigenvalue weighted by molar-refractivity contribution is -0.149. The fourth-order valence-corrected chi connectivity index (χ4v) is 4.02. The van der Waals surface area contributed by atoms with E-state index < -0.39 is 29.0 Å². The van der Waals surface area contributed by atoms with Gasteiger partial charge in [-0.3, -0.25) is 14.6 Å². The number of ether oxygens (including phenoxy) is 1. The smallest absolute Gasteiger partial charge is 0.410 e. The number of carboxylic acid groups (broad SMARTS) is 1. The molecule has 25 heavy (non-hydrogen) atoms. The van der Waals surface area contributed by atoms with Gasteiger partial charge in [0.2, 0.25) is 0 Å². The van der Waals surface area contributed by atoms with Crippen molar-refractivity contribution < 1.29 is 24.2 Å². The molecule has 8 nitrogen and oxygen atoms in total. The van der Waals surface area contributed by atoms with E-state index in [0.29, 0.717) is 11.4 Å². The van der Waals surface area contributed by atoms with Gasteiger partial charge in [-0.25, -0.2) is 4.79 Å². The molecule has 9 heteroatoms. The van der Waals surface area contributed by atoms with Gasteiger partial charge >= 0.3 is 12.1 Å². The lowest BCUT2D eigenvalue weighted by atomic mass is 9.72. The van der Waals surface area contributed by atoms with Crippen LogP contribution >= 0.6 is 11.3 Å². The zero-order valence-corrected chi connectivity index (χ0v) is 15.2. The van der Waals surface area contributed by atoms with Crippen molar-refractivity contribution in [2.45, 2.75) is 26.4 Å². The van der Waals surface area contributed by atoms with Crippen LogP contribution < -0.4 is 0 Å². The van der Waals surface area contributed by atoms with E-state index in [1.807, 2.05) is 0 Å². The Morgan fingerprint density at radius 2 is 1.92 bits per heavy atom. The second-order valence-electron chi connectivity index (χ2n) is 7.64. The minimum Gasteiger partial charge on any atom is -0.481 e. The number of carboxylic acids is 1. The largest absolute Gasteiger partial charge is 0.481 e. The highest BCUT2D eigenvalue weighted by Gasteiger charge is 2.59. The first-order valence-corrected chi connectivity index (χ1v) is 8.88. The number of carbonyl (C=O) groups is 3. The highest BCUT2D eigenvalue weighted by molar-refractivity contribution is 7.11. The van der Waals surface area contributed by atoms with Crippen molar-refractivity contribution in [3.63, 3.8) is 0 Å². The number of hydrogen-bond donors (Lipinski definition) is 1. The zero-order chi connectivity index (χ0) is 18.4. The molecule has 136 valence electrons. The molecule has 0 unspecified atom stereocenters. The highest BCUT2D eigenvalue weighted by Crippen LogP contribution is 2.45. The summed E-state index contributed by atoms with van der Waals surface area (Å²) in [5, 5.41) is 9.57. The molecule has 2 saturated heterocycles. The number of hydrogen-bond acceptors (Lipinski definition) is 6. The summed E-state index contributed by atoms with van der Waals surface area (Å²) < 4.78 is 5.33. The van der Waals surface area contributed by atoms with Gasteiger partial charge < -0.3 is 19.6 Å². The number of rotatable bonds is 2. The Hall–Kier alpha value is -2.16. The number of aliphatic carboxylic acids is 1. The Balaban J connectivity index is 1.70. The first kappa shape index (κ1) is 17.7. The van der Waals surface area contributed by atoms with Crippen LogP contribution in [0.25, 0.3) is 0 Å². The van der Waals surface area contributed by atoms with Crippen LogP contribution in [0.4, 0.5) is 4.79 Å². The summed E-state index contributed by atoms with van der Waals surface area (Å²) >= 11 is 1.23. The van der Waals surface area contributed by atoms with Gasteiger partial charge in [-0.05, 0) is 20.8 Å². The Morgan fingerprint density at radius 1 is 1.28 bits per heavy atom. The molecule has 1 atom stereocenters. The van der Waals surface area contributed by atoms with E-state index in [2.05, 4.69) is 4.98 Å². The summed E-state index contributed by atoms with van der Waals surface area (Å²) in [6, 6.07) is 0. The number of nitrogens with zero attached hydrogens (tertiary/aromatic N) is 3. The van der Waals surface area contributed by atoms with Crippen LogP contribution in [0, 0.1) is 11.3 Å². The molecule has 0 aromatic carbocycles. The van der Waals surface area contributed by atoms with Crippen LogP contribution in [0.5, 0.6) is 0 Å². The average Bonchev–Trinajstić information content (AvgIpc) is 3.10. The molecule has 3 heterocycles. The van der Waals surface area contributed by atoms with Crippen molar-refractivity contribution in [2.75, 3.05) is 26.2 Å². The number of amides is 2. The molecule has 1 aromatic heterocycles. The predicted molar refractivity (Wildman–Crippen MR) is 89.4 cm³/mol. The quantitative estimate of drug-likeness (QED) is 0.851. The van der Waals surface area contributed by atoms with Crippen LogP contribution in [0.15, 0.2) is 11.7 Å². The van der Waals surface area contributed by atoms with Crippen LogP contribution in [0.2, 0.25) is 0 Å². The van der Waals surface area contributed by atoms with Gasteiger partial charge in [0.1, 0.15) is 10.5 Å². The number of aromatic nitrogens is 1. The number of likely N-dealkylation sites (tertiary alicyclic amines) is 2. The predicted octanol–water partition coefficient (Wildman–Crippen LogP) is 1.54. The van der Waals surface area contributed by atoms with Crippen LogP contribution in [-0.4, -0.2) is 69.6 Å². The maximum atomic E-state index is 12.5. The number of thiazole rings is 1. The molecular formula is C16H21N3O5S. The third kappa shape index (κ3) is 3.33. The molecule has 0 bridgehead atoms. The first-order valence-electron chi connectivity index (χ1n) is 8.00. The van der Waals surface area contributed by atoms with Gasteiger partial charge in [-0.15, -0.1) is 11.3 Å². The van der Waals surface area contributed by atoms with Crippen molar-refractivity contribution in [1.82, 2.24) is 14.8 Å². The van der Waals surface area contributed by atoms with Gasteiger partial charge in [0.25, 0.3) is 5.91 Å². The lowest BCUT2D eigenvalue weighted by Gasteiger charge is -2.49. The van der Waals surface area contributed by atoms with E-state index in [0.717, 1.165) is 0 Å². The van der Waals surface area contributed by atoms with Crippen molar-refractivity contribution in [3.8, 4) is 0 Å². The van der Waals surface area contributed by atoms with Gasteiger partial charge in [-0.1, -0.05) is 0 Å². The third-order valence-electron chi connectivity index (χ3n) is 4.54. The molecule has 2 aliphatic rings. The van der Waals surface area contributed by atoms with Gasteiger partial charge in [0, 0.05) is 31.6 Å². The average molecular weight is 367 g/mol. The maximum Gasteiger partial charge on any atom is 0.410 e. The van der Waals surface area contributed by atoms with Crippen molar-refractivity contribution in [2.24, 2.45) is 11.3 Å². The third-order valence-corrected chi connectivity index (χ3v) is 5.30. The SMILES string of the molecule is CC(C)(C)OC(=O)N1CC2(C1)CN(C(=O)c1cncs1)C[C@H]2C(=O)O. The molecular weight excluding hydrogens is 346 g/mol. The molecule has 1 N–H and O–H groups in total. The summed E-state index contributed by atoms with van der Waals surface area (Å²) in [4.78, 5) is 43.8. The molecule has 2 fully saturated rings. The van der Waals surface area contributed by atoms with Crippen molar-refractivity contribution >= 4 is 29.3 Å². The Labute approximate surface area is 149 Å². The summed E-state index contributed by atoms with van der Waals surface area (Å²) in [6.45, 7) is 6.38. The summed E-state index contributed by atoms with van der Waals surface area (Å²) in [6.07, 6.45) is 1.04. The van der Waals surface area contributed by atoms with Crippen LogP contribution in [0.1, 0.15) is 30.4 Å². The van der Waals surface area contributed by atoms with Crippen molar-refractivity contribution in [3.05, 3.63) is 16.6 Å². The lowest BCUT2D eigenvalue weighted by Crippen LogP contribution is -2.63. The van der Waals surface area contributed by atoms with Crippen molar-refractivity contribution in [1.29, 1.82) is 0 Å². The monoisotopic (exact) mass is 367 g/mol. The van der Waals surface area contributed by atoms with Gasteiger partial charge in [0.05, 0.1) is 17.6 Å². The van der Waals surface area contributed by atoms with Crippen LogP contribution in [0.3, 0.4) is 0 Å². The molecule has 0 saturated carbocycles. The van der Waals surface area contributed by atoms with E-state index in [4.69, 9.17) is 4.74 Å². The molecule has 3 rings (SSSR count). The second-order valence-corrected chi connectivity index (χ2v) is 8.53. The second kappa shape index (κ2) is 5.98. The number of carbonyl (C=O) groups excluding carboxylic acids is 2. The summed E-state index contributed by atoms with van der Waals surface area (Å²) in [7, 11) is 0. The molecule has 0 aliphatic carbocycles. The van der Waals surface area contributed by atoms with Gasteiger partial charge in [0.15, 0.2) is 0 Å². The summed E-state index contributed by atoms with van der Waals surface area (Å²) in [5.74, 6) is -1.84. The Kier molecular flexibility index (Phi) is 4.22. The Morgan fingerprint density at radius 3 is 2.44 bits per heavy atom. The fraction of sp³-hybridized carbons (Fsp3) is 0.625.